The van der Waals surface area contributed by atoms with Crippen LogP contribution in [0.25, 0.3) is 11.0 Å². The van der Waals surface area contributed by atoms with Crippen molar-refractivity contribution in [3.8, 4) is 0 Å². The van der Waals surface area contributed by atoms with Gasteiger partial charge in [0.2, 0.25) is 0 Å². The highest BCUT2D eigenvalue weighted by molar-refractivity contribution is 6.06. The third-order valence-corrected chi connectivity index (χ3v) is 4.89. The van der Waals surface area contributed by atoms with Gasteiger partial charge in [-0.1, -0.05) is 12.1 Å². The maximum atomic E-state index is 12.6. The summed E-state index contributed by atoms with van der Waals surface area (Å²) in [5.74, 6) is -2.01. The van der Waals surface area contributed by atoms with E-state index in [0.717, 1.165) is 18.8 Å². The minimum atomic E-state index is -1.34. The molecule has 150 valence electrons. The largest absolute Gasteiger partial charge is 0.545 e. The summed E-state index contributed by atoms with van der Waals surface area (Å²) < 4.78 is 5.38. The second kappa shape index (κ2) is 8.18. The van der Waals surface area contributed by atoms with Gasteiger partial charge in [-0.2, -0.15) is 0 Å². The number of benzene rings is 2. The van der Waals surface area contributed by atoms with Crippen molar-refractivity contribution in [3.05, 3.63) is 69.6 Å². The Morgan fingerprint density at radius 1 is 1.07 bits per heavy atom. The zero-order valence-electron chi connectivity index (χ0n) is 16.4. The monoisotopic (exact) mass is 393 g/mol. The standard InChI is InChI=1S/C22H22N2O5/c1-4-24(5-2)15-10-9-14-11-17(22(28)29-19(14)12-15)20(25)23-18-8-6-7-16(13(18)3)21(26)27/h6-12H,4-5H2,1-3H3,(H,23,25)(H,26,27)/p-1. The number of carboxylic acids is 1. The number of carbonyl (C=O) groups is 2. The molecule has 1 aromatic heterocycles. The maximum absolute atomic E-state index is 12.6. The molecule has 7 heteroatoms. The van der Waals surface area contributed by atoms with E-state index in [0.29, 0.717) is 16.5 Å². The summed E-state index contributed by atoms with van der Waals surface area (Å²) in [4.78, 5) is 38.3. The summed E-state index contributed by atoms with van der Waals surface area (Å²) in [7, 11) is 0. The van der Waals surface area contributed by atoms with Gasteiger partial charge in [0.25, 0.3) is 5.91 Å². The molecule has 1 heterocycles. The quantitative estimate of drug-likeness (QED) is 0.646. The first-order valence-corrected chi connectivity index (χ1v) is 9.30. The van der Waals surface area contributed by atoms with Gasteiger partial charge in [0, 0.05) is 41.5 Å². The molecule has 7 nitrogen and oxygen atoms in total. The highest BCUT2D eigenvalue weighted by atomic mass is 16.4. The van der Waals surface area contributed by atoms with E-state index >= 15 is 0 Å². The Morgan fingerprint density at radius 3 is 2.45 bits per heavy atom. The van der Waals surface area contributed by atoms with E-state index in [1.54, 1.807) is 25.1 Å². The van der Waals surface area contributed by atoms with E-state index in [4.69, 9.17) is 4.42 Å². The van der Waals surface area contributed by atoms with Crippen molar-refractivity contribution in [1.82, 2.24) is 0 Å². The maximum Gasteiger partial charge on any atom is 0.349 e. The minimum Gasteiger partial charge on any atom is -0.545 e. The Kier molecular flexibility index (Phi) is 5.68. The fourth-order valence-corrected chi connectivity index (χ4v) is 3.23. The molecule has 0 aliphatic carbocycles. The fourth-order valence-electron chi connectivity index (χ4n) is 3.23. The lowest BCUT2D eigenvalue weighted by Gasteiger charge is -2.21. The van der Waals surface area contributed by atoms with Crippen LogP contribution in [-0.4, -0.2) is 25.0 Å². The Balaban J connectivity index is 1.96. The summed E-state index contributed by atoms with van der Waals surface area (Å²) in [6.07, 6.45) is 0. The Morgan fingerprint density at radius 2 is 1.79 bits per heavy atom. The smallest absolute Gasteiger partial charge is 0.349 e. The molecule has 0 aliphatic rings. The third-order valence-electron chi connectivity index (χ3n) is 4.89. The van der Waals surface area contributed by atoms with Crippen LogP contribution in [0.3, 0.4) is 0 Å². The molecule has 2 aromatic carbocycles. The molecule has 3 aromatic rings. The first kappa shape index (κ1) is 20.1. The fraction of sp³-hybridized carbons (Fsp3) is 0.227. The van der Waals surface area contributed by atoms with Crippen molar-refractivity contribution < 1.29 is 19.1 Å². The molecule has 0 atom stereocenters. The van der Waals surface area contributed by atoms with Crippen molar-refractivity contribution >= 4 is 34.2 Å². The molecule has 0 unspecified atom stereocenters. The Bertz CT molecular complexity index is 1150. The number of amides is 1. The third kappa shape index (κ3) is 3.99. The summed E-state index contributed by atoms with van der Waals surface area (Å²) >= 11 is 0. The SMILES string of the molecule is CCN(CC)c1ccc2cc(C(=O)Nc3cccc(C(=O)[O-])c3C)c(=O)oc2c1. The van der Waals surface area contributed by atoms with Crippen LogP contribution in [0.1, 0.15) is 40.1 Å². The molecule has 0 radical (unpaired) electrons. The van der Waals surface area contributed by atoms with Crippen molar-refractivity contribution in [2.45, 2.75) is 20.8 Å². The van der Waals surface area contributed by atoms with Crippen molar-refractivity contribution in [3.63, 3.8) is 0 Å². The van der Waals surface area contributed by atoms with Gasteiger partial charge in [0.15, 0.2) is 0 Å². The molecule has 0 bridgehead atoms. The lowest BCUT2D eigenvalue weighted by atomic mass is 10.1. The molecule has 0 saturated heterocycles. The molecule has 0 spiro atoms. The van der Waals surface area contributed by atoms with Gasteiger partial charge in [-0.25, -0.2) is 4.79 Å². The number of aromatic carboxylic acids is 1. The Hall–Kier alpha value is -3.61. The van der Waals surface area contributed by atoms with Gasteiger partial charge in [-0.15, -0.1) is 0 Å². The van der Waals surface area contributed by atoms with Crippen molar-refractivity contribution in [2.24, 2.45) is 0 Å². The van der Waals surface area contributed by atoms with Gasteiger partial charge in [0.1, 0.15) is 11.1 Å². The van der Waals surface area contributed by atoms with E-state index < -0.39 is 17.5 Å². The number of nitrogens with one attached hydrogen (secondary N) is 1. The number of carboxylic acid groups (broad SMARTS) is 1. The summed E-state index contributed by atoms with van der Waals surface area (Å²) in [5.41, 5.74) is 0.996. The number of hydrogen-bond acceptors (Lipinski definition) is 6. The lowest BCUT2D eigenvalue weighted by Crippen LogP contribution is -2.25. The van der Waals surface area contributed by atoms with Gasteiger partial charge in [-0.3, -0.25) is 4.79 Å². The molecule has 0 fully saturated rings. The van der Waals surface area contributed by atoms with E-state index in [1.807, 2.05) is 19.9 Å². The van der Waals surface area contributed by atoms with Gasteiger partial charge in [0.05, 0.1) is 5.97 Å². The van der Waals surface area contributed by atoms with E-state index in [9.17, 15) is 19.5 Å². The predicted molar refractivity (Wildman–Crippen MR) is 110 cm³/mol. The van der Waals surface area contributed by atoms with Crippen LogP contribution in [-0.2, 0) is 0 Å². The highest BCUT2D eigenvalue weighted by Gasteiger charge is 2.16. The normalized spacial score (nSPS) is 10.7. The van der Waals surface area contributed by atoms with Crippen LogP contribution in [0.15, 0.2) is 51.7 Å². The molecule has 0 saturated carbocycles. The molecule has 0 aliphatic heterocycles. The average Bonchev–Trinajstić information content (AvgIpc) is 2.69. The highest BCUT2D eigenvalue weighted by Crippen LogP contribution is 2.23. The lowest BCUT2D eigenvalue weighted by molar-refractivity contribution is -0.255. The molecule has 1 amide bonds. The second-order valence-electron chi connectivity index (χ2n) is 6.56. The minimum absolute atomic E-state index is 0.0303. The number of hydrogen-bond donors (Lipinski definition) is 1. The predicted octanol–water partition coefficient (Wildman–Crippen LogP) is 2.56. The molecular weight excluding hydrogens is 372 g/mol. The number of rotatable bonds is 6. The first-order valence-electron chi connectivity index (χ1n) is 9.30. The number of anilines is 2. The van der Waals surface area contributed by atoms with Crippen molar-refractivity contribution in [2.75, 3.05) is 23.3 Å². The van der Waals surface area contributed by atoms with Crippen LogP contribution in [0.5, 0.6) is 0 Å². The van der Waals surface area contributed by atoms with E-state index in [2.05, 4.69) is 10.2 Å². The van der Waals surface area contributed by atoms with Crippen molar-refractivity contribution in [1.29, 1.82) is 0 Å². The zero-order chi connectivity index (χ0) is 21.1. The molecule has 29 heavy (non-hydrogen) atoms. The average molecular weight is 393 g/mol. The van der Waals surface area contributed by atoms with Gasteiger partial charge in [-0.05, 0) is 50.6 Å². The topological polar surface area (TPSA) is 103 Å². The van der Waals surface area contributed by atoms with Crippen LogP contribution in [0.2, 0.25) is 0 Å². The van der Waals surface area contributed by atoms with Crippen LogP contribution in [0.4, 0.5) is 11.4 Å². The summed E-state index contributed by atoms with van der Waals surface area (Å²) in [5, 5.41) is 14.4. The number of nitrogens with zero attached hydrogens (tertiary/aromatic N) is 1. The van der Waals surface area contributed by atoms with E-state index in [1.165, 1.54) is 18.2 Å². The van der Waals surface area contributed by atoms with Crippen LogP contribution < -0.4 is 20.9 Å². The molecule has 1 N–H and O–H groups in total. The zero-order valence-corrected chi connectivity index (χ0v) is 16.4. The van der Waals surface area contributed by atoms with Gasteiger partial charge >= 0.3 is 5.63 Å². The first-order chi connectivity index (χ1) is 13.8. The Labute approximate surface area is 167 Å². The number of fused-ring (bicyclic) bond motifs is 1. The molecule has 3 rings (SSSR count). The van der Waals surface area contributed by atoms with E-state index in [-0.39, 0.29) is 16.8 Å². The molecular formula is C22H21N2O5-. The summed E-state index contributed by atoms with van der Waals surface area (Å²) in [6, 6.07) is 11.4. The second-order valence-corrected chi connectivity index (χ2v) is 6.56. The van der Waals surface area contributed by atoms with Crippen LogP contribution in [0, 0.1) is 6.92 Å². The number of carbonyl (C=O) groups excluding carboxylic acids is 2. The van der Waals surface area contributed by atoms with Crippen LogP contribution >= 0.6 is 0 Å². The van der Waals surface area contributed by atoms with Gasteiger partial charge < -0.3 is 24.5 Å². The summed E-state index contributed by atoms with van der Waals surface area (Å²) in [6.45, 7) is 7.26.